The van der Waals surface area contributed by atoms with Crippen molar-refractivity contribution >= 4 is 29.4 Å². The summed E-state index contributed by atoms with van der Waals surface area (Å²) in [5, 5.41) is 0. The van der Waals surface area contributed by atoms with Crippen LogP contribution in [0.3, 0.4) is 0 Å². The highest BCUT2D eigenvalue weighted by Gasteiger charge is 2.35. The van der Waals surface area contributed by atoms with Crippen LogP contribution < -0.4 is 17.0 Å². The molecule has 1 aromatic carbocycles. The molecule has 0 radical (unpaired) electrons. The van der Waals surface area contributed by atoms with Gasteiger partial charge < -0.3 is 10.5 Å². The summed E-state index contributed by atoms with van der Waals surface area (Å²) >= 11 is 0. The summed E-state index contributed by atoms with van der Waals surface area (Å²) in [5.41, 5.74) is 4.25. The van der Waals surface area contributed by atoms with Gasteiger partial charge >= 0.3 is 11.7 Å². The van der Waals surface area contributed by atoms with Gasteiger partial charge in [0.2, 0.25) is 5.78 Å². The molecule has 2 aromatic rings. The van der Waals surface area contributed by atoms with Gasteiger partial charge in [0.05, 0.1) is 16.7 Å². The number of amides is 2. The molecule has 186 valence electrons. The number of carbonyl (C=O) groups is 4. The maximum Gasteiger partial charge on any atom is 0.338 e. The number of rotatable bonds is 9. The molecule has 3 rings (SSSR count). The van der Waals surface area contributed by atoms with Crippen LogP contribution >= 0.6 is 0 Å². The molecule has 0 spiro atoms. The molecule has 2 N–H and O–H groups in total. The fourth-order valence-corrected chi connectivity index (χ4v) is 3.81. The Labute approximate surface area is 201 Å². The van der Waals surface area contributed by atoms with Gasteiger partial charge in [-0.1, -0.05) is 27.2 Å². The van der Waals surface area contributed by atoms with Gasteiger partial charge in [0.1, 0.15) is 11.4 Å². The lowest BCUT2D eigenvalue weighted by Gasteiger charge is -2.16. The van der Waals surface area contributed by atoms with Crippen molar-refractivity contribution in [1.82, 2.24) is 14.0 Å². The van der Waals surface area contributed by atoms with Gasteiger partial charge in [-0.05, 0) is 30.5 Å². The van der Waals surface area contributed by atoms with Gasteiger partial charge in [-0.3, -0.25) is 33.2 Å². The molecule has 11 heteroatoms. The molecule has 0 unspecified atom stereocenters. The minimum atomic E-state index is -0.917. The van der Waals surface area contributed by atoms with E-state index in [9.17, 15) is 28.8 Å². The Bertz CT molecular complexity index is 1340. The molecule has 1 aliphatic rings. The lowest BCUT2D eigenvalue weighted by Crippen LogP contribution is -2.43. The van der Waals surface area contributed by atoms with Gasteiger partial charge in [-0.2, -0.15) is 0 Å². The largest absolute Gasteiger partial charge is 0.454 e. The Balaban J connectivity index is 1.80. The number of nitrogens with zero attached hydrogens (tertiary/aromatic N) is 3. The van der Waals surface area contributed by atoms with Gasteiger partial charge in [0.25, 0.3) is 17.4 Å². The number of carbonyl (C=O) groups excluding carboxylic acids is 4. The summed E-state index contributed by atoms with van der Waals surface area (Å²) in [5.74, 6) is -2.97. The summed E-state index contributed by atoms with van der Waals surface area (Å²) in [7, 11) is 1.23. The van der Waals surface area contributed by atoms with E-state index in [0.29, 0.717) is 6.42 Å². The zero-order chi connectivity index (χ0) is 26.0. The number of anilines is 1. The van der Waals surface area contributed by atoms with Crippen LogP contribution in [-0.2, 0) is 18.3 Å². The average molecular weight is 485 g/mol. The predicted octanol–water partition coefficient (Wildman–Crippen LogP) is 1.22. The lowest BCUT2D eigenvalue weighted by molar-refractivity contribution is 0.0474. The Kier molecular flexibility index (Phi) is 7.37. The van der Waals surface area contributed by atoms with Crippen molar-refractivity contribution in [1.29, 1.82) is 0 Å². The van der Waals surface area contributed by atoms with Crippen LogP contribution in [0.25, 0.3) is 0 Å². The number of aromatic nitrogens is 2. The van der Waals surface area contributed by atoms with E-state index in [4.69, 9.17) is 10.5 Å². The van der Waals surface area contributed by atoms with E-state index in [1.54, 1.807) is 0 Å². The molecule has 0 saturated heterocycles. The number of fused-ring (bicyclic) bond motifs is 1. The van der Waals surface area contributed by atoms with Crippen LogP contribution in [0.15, 0.2) is 27.8 Å². The first kappa shape index (κ1) is 25.6. The zero-order valence-electron chi connectivity index (χ0n) is 20.1. The van der Waals surface area contributed by atoms with Crippen molar-refractivity contribution in [2.75, 3.05) is 18.9 Å². The first-order chi connectivity index (χ1) is 16.5. The standard InChI is InChI=1S/C24H28N4O7/c1-5-6-9-27-20(30)15-8-7-14(10-16(15)21(27)31)23(33)35-12-17(29)18-19(25)28(11-13(2)3)24(34)26(4)22(18)32/h7-8,10,13H,5-6,9,11-12,25H2,1-4H3. The van der Waals surface area contributed by atoms with Crippen molar-refractivity contribution in [3.05, 3.63) is 61.3 Å². The molecule has 1 aliphatic heterocycles. The summed E-state index contributed by atoms with van der Waals surface area (Å²) in [6.45, 7) is 5.31. The minimum absolute atomic E-state index is 0.0144. The second-order valence-electron chi connectivity index (χ2n) is 8.79. The first-order valence-electron chi connectivity index (χ1n) is 11.3. The van der Waals surface area contributed by atoms with Gasteiger partial charge in [0.15, 0.2) is 6.61 Å². The fourth-order valence-electron chi connectivity index (χ4n) is 3.81. The second kappa shape index (κ2) is 10.1. The zero-order valence-corrected chi connectivity index (χ0v) is 20.1. The van der Waals surface area contributed by atoms with Gasteiger partial charge in [-0.25, -0.2) is 9.59 Å². The predicted molar refractivity (Wildman–Crippen MR) is 127 cm³/mol. The summed E-state index contributed by atoms with van der Waals surface area (Å²) in [6.07, 6.45) is 1.47. The summed E-state index contributed by atoms with van der Waals surface area (Å²) in [6, 6.07) is 3.95. The Hall–Kier alpha value is -4.02. The van der Waals surface area contributed by atoms with Gasteiger partial charge in [-0.15, -0.1) is 0 Å². The SMILES string of the molecule is CCCCN1C(=O)c2ccc(C(=O)OCC(=O)c3c(N)n(CC(C)C)c(=O)n(C)c3=O)cc2C1=O. The smallest absolute Gasteiger partial charge is 0.338 e. The van der Waals surface area contributed by atoms with Crippen molar-refractivity contribution in [2.24, 2.45) is 13.0 Å². The minimum Gasteiger partial charge on any atom is -0.454 e. The molecule has 0 fully saturated rings. The van der Waals surface area contributed by atoms with Crippen LogP contribution in [0.5, 0.6) is 0 Å². The molecule has 2 heterocycles. The number of Topliss-reactive ketones (excluding diaryl/α,β-unsaturated/α-hetero) is 1. The second-order valence-corrected chi connectivity index (χ2v) is 8.79. The number of hydrogen-bond acceptors (Lipinski definition) is 8. The molecule has 0 aliphatic carbocycles. The number of hydrogen-bond donors (Lipinski definition) is 1. The summed E-state index contributed by atoms with van der Waals surface area (Å²) in [4.78, 5) is 76.4. The number of imide groups is 1. The number of unbranched alkanes of at least 4 members (excludes halogenated alkanes) is 1. The van der Waals surface area contributed by atoms with E-state index in [2.05, 4.69) is 0 Å². The molecular weight excluding hydrogens is 456 g/mol. The van der Waals surface area contributed by atoms with Crippen molar-refractivity contribution in [3.63, 3.8) is 0 Å². The number of nitrogens with two attached hydrogens (primary N) is 1. The van der Waals surface area contributed by atoms with Crippen molar-refractivity contribution in [2.45, 2.75) is 40.2 Å². The molecule has 0 atom stereocenters. The number of ketones is 1. The topological polar surface area (TPSA) is 151 Å². The Morgan fingerprint density at radius 2 is 1.71 bits per heavy atom. The Morgan fingerprint density at radius 3 is 2.34 bits per heavy atom. The molecular formula is C24H28N4O7. The third-order valence-electron chi connectivity index (χ3n) is 5.69. The molecule has 35 heavy (non-hydrogen) atoms. The van der Waals surface area contributed by atoms with Crippen LogP contribution in [-0.4, -0.2) is 50.8 Å². The van der Waals surface area contributed by atoms with E-state index in [-0.39, 0.29) is 41.5 Å². The van der Waals surface area contributed by atoms with Crippen molar-refractivity contribution < 1.29 is 23.9 Å². The number of nitrogen functional groups attached to an aromatic ring is 1. The van der Waals surface area contributed by atoms with E-state index in [1.165, 1.54) is 25.2 Å². The molecule has 0 saturated carbocycles. The first-order valence-corrected chi connectivity index (χ1v) is 11.3. The number of esters is 1. The van der Waals surface area contributed by atoms with Gasteiger partial charge in [0, 0.05) is 20.1 Å². The number of benzene rings is 1. The summed E-state index contributed by atoms with van der Waals surface area (Å²) < 4.78 is 6.98. The maximum atomic E-state index is 12.8. The van der Waals surface area contributed by atoms with Crippen LogP contribution in [0.4, 0.5) is 5.82 Å². The number of ether oxygens (including phenoxy) is 1. The highest BCUT2D eigenvalue weighted by molar-refractivity contribution is 6.22. The van der Waals surface area contributed by atoms with Crippen LogP contribution in [0.2, 0.25) is 0 Å². The third-order valence-corrected chi connectivity index (χ3v) is 5.69. The third kappa shape index (κ3) is 4.79. The average Bonchev–Trinajstić information content (AvgIpc) is 3.06. The molecule has 0 bridgehead atoms. The lowest BCUT2D eigenvalue weighted by atomic mass is 10.1. The molecule has 2 amide bonds. The van der Waals surface area contributed by atoms with Crippen LogP contribution in [0, 0.1) is 5.92 Å². The van der Waals surface area contributed by atoms with E-state index in [0.717, 1.165) is 20.5 Å². The fraction of sp³-hybridized carbons (Fsp3) is 0.417. The van der Waals surface area contributed by atoms with E-state index >= 15 is 0 Å². The molecule has 11 nitrogen and oxygen atoms in total. The van der Waals surface area contributed by atoms with Crippen LogP contribution in [0.1, 0.15) is 75.0 Å². The van der Waals surface area contributed by atoms with E-state index < -0.39 is 47.0 Å². The highest BCUT2D eigenvalue weighted by Crippen LogP contribution is 2.24. The quantitative estimate of drug-likeness (QED) is 0.317. The Morgan fingerprint density at radius 1 is 1.06 bits per heavy atom. The van der Waals surface area contributed by atoms with E-state index in [1.807, 2.05) is 20.8 Å². The van der Waals surface area contributed by atoms with Crippen molar-refractivity contribution in [3.8, 4) is 0 Å². The normalized spacial score (nSPS) is 12.9. The monoisotopic (exact) mass is 484 g/mol. The highest BCUT2D eigenvalue weighted by atomic mass is 16.5. The maximum absolute atomic E-state index is 12.8. The molecule has 1 aromatic heterocycles.